The molecule has 0 fully saturated rings. The molecule has 3 nitrogen and oxygen atoms in total. The maximum atomic E-state index is 13.9. The molecule has 0 spiro atoms. The fraction of sp³-hybridized carbons (Fsp3) is 0.360. The Balaban J connectivity index is 1.94. The number of fused-ring (bicyclic) bond motifs is 1. The van der Waals surface area contributed by atoms with Gasteiger partial charge in [-0.05, 0) is 59.7 Å². The summed E-state index contributed by atoms with van der Waals surface area (Å²) in [7, 11) is 0. The molecular weight excluding hydrogens is 469 g/mol. The van der Waals surface area contributed by atoms with Crippen molar-refractivity contribution < 1.29 is 27.4 Å². The molecule has 0 saturated carbocycles. The van der Waals surface area contributed by atoms with Gasteiger partial charge in [0.05, 0.1) is 9.39 Å². The van der Waals surface area contributed by atoms with Gasteiger partial charge < -0.3 is 9.47 Å². The smallest absolute Gasteiger partial charge is 0.417 e. The van der Waals surface area contributed by atoms with E-state index in [1.807, 2.05) is 0 Å². The Labute approximate surface area is 200 Å². The molecule has 0 N–H and O–H groups in total. The number of carbonyl (C=O) groups excluding carboxylic acids is 1. The first-order valence-corrected chi connectivity index (χ1v) is 12.0. The van der Waals surface area contributed by atoms with Gasteiger partial charge in [0.2, 0.25) is 6.79 Å². The molecule has 8 heteroatoms. The number of alkyl halides is 3. The predicted molar refractivity (Wildman–Crippen MR) is 128 cm³/mol. The van der Waals surface area contributed by atoms with Crippen molar-refractivity contribution in [2.75, 3.05) is 6.79 Å². The lowest BCUT2D eigenvalue weighted by Gasteiger charge is -2.15. The predicted octanol–water partition coefficient (Wildman–Crippen LogP) is 8.34. The molecule has 0 atom stereocenters. The third-order valence-electron chi connectivity index (χ3n) is 5.19. The molecule has 2 aromatic carbocycles. The summed E-state index contributed by atoms with van der Waals surface area (Å²) in [5.74, 6) is 0.116. The molecule has 0 radical (unpaired) electrons. The molecule has 0 aliphatic carbocycles. The number of halogens is 3. The molecule has 0 unspecified atom stereocenters. The van der Waals surface area contributed by atoms with Crippen molar-refractivity contribution in [1.29, 1.82) is 0 Å². The summed E-state index contributed by atoms with van der Waals surface area (Å²) < 4.78 is 53.2. The van der Waals surface area contributed by atoms with E-state index in [0.29, 0.717) is 27.1 Å². The number of hydrogen-bond donors (Lipinski definition) is 0. The zero-order chi connectivity index (χ0) is 24.0. The van der Waals surface area contributed by atoms with Crippen molar-refractivity contribution in [3.8, 4) is 16.9 Å². The average molecular weight is 495 g/mol. The second-order valence-electron chi connectivity index (χ2n) is 7.61. The molecule has 0 amide bonds. The molecule has 3 rings (SSSR count). The Bertz CT molecular complexity index is 1190. The van der Waals surface area contributed by atoms with E-state index in [2.05, 4.69) is 6.92 Å². The lowest BCUT2D eigenvalue weighted by Crippen LogP contribution is -2.09. The van der Waals surface area contributed by atoms with Crippen LogP contribution in [0.5, 0.6) is 5.75 Å². The van der Waals surface area contributed by atoms with Crippen molar-refractivity contribution in [1.82, 2.24) is 0 Å². The van der Waals surface area contributed by atoms with Gasteiger partial charge >= 0.3 is 12.1 Å². The van der Waals surface area contributed by atoms with Crippen LogP contribution in [0.1, 0.15) is 50.7 Å². The Morgan fingerprint density at radius 1 is 1.03 bits per heavy atom. The topological polar surface area (TPSA) is 35.5 Å². The number of ether oxygens (including phenoxy) is 2. The minimum Gasteiger partial charge on any atom is -0.457 e. The van der Waals surface area contributed by atoms with Crippen LogP contribution in [0, 0.1) is 3.82 Å². The van der Waals surface area contributed by atoms with Crippen LogP contribution in [0.4, 0.5) is 13.2 Å². The minimum absolute atomic E-state index is 0.0942. The molecule has 176 valence electrons. The molecule has 0 aliphatic rings. The summed E-state index contributed by atoms with van der Waals surface area (Å²) in [5.41, 5.74) is 0.504. The number of carbonyl (C=O) groups is 1. The highest BCUT2D eigenvalue weighted by atomic mass is 32.1. The molecule has 3 aromatic rings. The number of esters is 1. The van der Waals surface area contributed by atoms with Gasteiger partial charge in [0.25, 0.3) is 0 Å². The van der Waals surface area contributed by atoms with Crippen LogP contribution in [-0.2, 0) is 22.1 Å². The van der Waals surface area contributed by atoms with Crippen molar-refractivity contribution in [3.05, 3.63) is 57.4 Å². The zero-order valence-corrected chi connectivity index (χ0v) is 20.1. The number of aryl methyl sites for hydroxylation is 1. The molecule has 0 saturated heterocycles. The second kappa shape index (κ2) is 11.1. The summed E-state index contributed by atoms with van der Waals surface area (Å²) in [6.07, 6.45) is -0.749. The lowest BCUT2D eigenvalue weighted by atomic mass is 9.96. The third kappa shape index (κ3) is 6.54. The van der Waals surface area contributed by atoms with Crippen LogP contribution >= 0.6 is 23.6 Å². The van der Waals surface area contributed by atoms with Crippen LogP contribution < -0.4 is 4.74 Å². The van der Waals surface area contributed by atoms with Crippen LogP contribution in [-0.4, -0.2) is 12.8 Å². The number of rotatable bonds is 9. The standard InChI is InChI=1S/C25H25F3O3S2/c1-3-5-6-7-16-8-11-19(21(12-16)25(26,27)28)20-13-17-9-10-18(14-22(17)33-24(20)32)30-15-31-23(29)4-2/h8-14H,3-7,15H2,1-2H3. The molecule has 1 heterocycles. The fourth-order valence-electron chi connectivity index (χ4n) is 3.43. The SMILES string of the molecule is CCCCCc1ccc(-c2cc3ccc(OCOC(=O)CC)cc3sc2=S)c(C(F)(F)F)c1. The summed E-state index contributed by atoms with van der Waals surface area (Å²) in [6, 6.07) is 11.4. The molecule has 33 heavy (non-hydrogen) atoms. The first-order valence-electron chi connectivity index (χ1n) is 10.8. The Hall–Kier alpha value is -2.45. The summed E-state index contributed by atoms with van der Waals surface area (Å²) in [6.45, 7) is 3.54. The largest absolute Gasteiger partial charge is 0.457 e. The number of hydrogen-bond acceptors (Lipinski definition) is 5. The monoisotopic (exact) mass is 494 g/mol. The van der Waals surface area contributed by atoms with Gasteiger partial charge in [0.15, 0.2) is 0 Å². The summed E-state index contributed by atoms with van der Waals surface area (Å²) >= 11 is 6.71. The number of unbranched alkanes of at least 4 members (excludes halogenated alkanes) is 2. The van der Waals surface area contributed by atoms with Gasteiger partial charge in [-0.15, -0.1) is 11.3 Å². The molecule has 0 bridgehead atoms. The average Bonchev–Trinajstić information content (AvgIpc) is 2.78. The van der Waals surface area contributed by atoms with E-state index in [0.717, 1.165) is 29.3 Å². The van der Waals surface area contributed by atoms with Crippen molar-refractivity contribution in [2.45, 2.75) is 52.1 Å². The molecule has 1 aromatic heterocycles. The van der Waals surface area contributed by atoms with E-state index in [4.69, 9.17) is 21.7 Å². The van der Waals surface area contributed by atoms with E-state index in [-0.39, 0.29) is 24.7 Å². The van der Waals surface area contributed by atoms with Gasteiger partial charge in [-0.25, -0.2) is 0 Å². The number of benzene rings is 2. The van der Waals surface area contributed by atoms with Crippen molar-refractivity contribution in [3.63, 3.8) is 0 Å². The van der Waals surface area contributed by atoms with E-state index >= 15 is 0 Å². The van der Waals surface area contributed by atoms with Gasteiger partial charge in [-0.3, -0.25) is 4.79 Å². The van der Waals surface area contributed by atoms with E-state index in [1.54, 1.807) is 37.3 Å². The highest BCUT2D eigenvalue weighted by Crippen LogP contribution is 2.40. The lowest BCUT2D eigenvalue weighted by molar-refractivity contribution is -0.149. The van der Waals surface area contributed by atoms with Crippen molar-refractivity contribution >= 4 is 39.6 Å². The fourth-order valence-corrected chi connectivity index (χ4v) is 4.77. The first kappa shape index (κ1) is 25.2. The van der Waals surface area contributed by atoms with Crippen LogP contribution in [0.15, 0.2) is 42.5 Å². The highest BCUT2D eigenvalue weighted by Gasteiger charge is 2.34. The quantitative estimate of drug-likeness (QED) is 0.130. The summed E-state index contributed by atoms with van der Waals surface area (Å²) in [4.78, 5) is 11.2. The van der Waals surface area contributed by atoms with Crippen LogP contribution in [0.3, 0.4) is 0 Å². The second-order valence-corrected chi connectivity index (χ2v) is 9.33. The normalized spacial score (nSPS) is 11.5. The van der Waals surface area contributed by atoms with E-state index in [1.165, 1.54) is 23.5 Å². The highest BCUT2D eigenvalue weighted by molar-refractivity contribution is 7.74. The van der Waals surface area contributed by atoms with Gasteiger partial charge in [-0.2, -0.15) is 13.2 Å². The van der Waals surface area contributed by atoms with E-state index < -0.39 is 11.7 Å². The maximum absolute atomic E-state index is 13.9. The zero-order valence-electron chi connectivity index (χ0n) is 18.5. The van der Waals surface area contributed by atoms with Gasteiger partial charge in [-0.1, -0.05) is 51.0 Å². The minimum atomic E-state index is -4.48. The van der Waals surface area contributed by atoms with Gasteiger partial charge in [0.1, 0.15) is 5.75 Å². The van der Waals surface area contributed by atoms with Gasteiger partial charge in [0, 0.05) is 16.7 Å². The van der Waals surface area contributed by atoms with Crippen LogP contribution in [0.25, 0.3) is 21.2 Å². The maximum Gasteiger partial charge on any atom is 0.417 e. The summed E-state index contributed by atoms with van der Waals surface area (Å²) in [5, 5.41) is 0.752. The molecular formula is C25H25F3O3S2. The Morgan fingerprint density at radius 2 is 1.82 bits per heavy atom. The van der Waals surface area contributed by atoms with Crippen molar-refractivity contribution in [2.24, 2.45) is 0 Å². The molecule has 0 aliphatic heterocycles. The van der Waals surface area contributed by atoms with E-state index in [9.17, 15) is 18.0 Å². The van der Waals surface area contributed by atoms with Crippen LogP contribution in [0.2, 0.25) is 0 Å². The first-order chi connectivity index (χ1) is 15.7. The third-order valence-corrected chi connectivity index (χ3v) is 6.64. The Morgan fingerprint density at radius 3 is 2.52 bits per heavy atom. The Kier molecular flexibility index (Phi) is 8.48.